The number of methoxy groups -OCH3 is 1. The van der Waals surface area contributed by atoms with Crippen molar-refractivity contribution in [3.8, 4) is 0 Å². The van der Waals surface area contributed by atoms with Crippen LogP contribution in [0.5, 0.6) is 0 Å². The standard InChI is InChI=1S/C5H8O2.C2H4O2/c1-4(2)5(6)7-3;1-2(3)4/h1H2,2-3H3;1H3,(H,3,4). The molecule has 0 atom stereocenters. The Morgan fingerprint density at radius 2 is 1.64 bits per heavy atom. The molecule has 11 heavy (non-hydrogen) atoms. The SMILES string of the molecule is C=C(C)C(=O)OC.CC(=O)O. The van der Waals surface area contributed by atoms with Gasteiger partial charge in [0.15, 0.2) is 0 Å². The fraction of sp³-hybridized carbons (Fsp3) is 0.429. The first kappa shape index (κ1) is 12.4. The second-order valence-electron chi connectivity index (χ2n) is 1.79. The van der Waals surface area contributed by atoms with Gasteiger partial charge in [0.2, 0.25) is 0 Å². The van der Waals surface area contributed by atoms with Crippen molar-refractivity contribution in [2.45, 2.75) is 13.8 Å². The van der Waals surface area contributed by atoms with Crippen molar-refractivity contribution in [3.63, 3.8) is 0 Å². The van der Waals surface area contributed by atoms with E-state index >= 15 is 0 Å². The molecular formula is C7H12O4. The molecule has 0 radical (unpaired) electrons. The van der Waals surface area contributed by atoms with E-state index in [1.807, 2.05) is 0 Å². The molecule has 0 saturated carbocycles. The fourth-order valence-corrected chi connectivity index (χ4v) is 0.174. The Morgan fingerprint density at radius 3 is 1.64 bits per heavy atom. The van der Waals surface area contributed by atoms with Gasteiger partial charge in [-0.2, -0.15) is 0 Å². The average molecular weight is 160 g/mol. The summed E-state index contributed by atoms with van der Waals surface area (Å²) in [5, 5.41) is 7.42. The molecule has 0 aromatic heterocycles. The van der Waals surface area contributed by atoms with Gasteiger partial charge in [0.1, 0.15) is 0 Å². The molecule has 4 nitrogen and oxygen atoms in total. The molecule has 0 bridgehead atoms. The monoisotopic (exact) mass is 160 g/mol. The number of esters is 1. The van der Waals surface area contributed by atoms with Crippen LogP contribution in [0, 0.1) is 0 Å². The van der Waals surface area contributed by atoms with Crippen LogP contribution in [-0.2, 0) is 14.3 Å². The summed E-state index contributed by atoms with van der Waals surface area (Å²) in [7, 11) is 1.33. The van der Waals surface area contributed by atoms with Crippen LogP contribution in [0.4, 0.5) is 0 Å². The van der Waals surface area contributed by atoms with Gasteiger partial charge in [-0.25, -0.2) is 4.79 Å². The summed E-state index contributed by atoms with van der Waals surface area (Å²) in [6, 6.07) is 0. The third-order valence-corrected chi connectivity index (χ3v) is 0.534. The molecule has 0 saturated heterocycles. The van der Waals surface area contributed by atoms with Gasteiger partial charge in [0.05, 0.1) is 7.11 Å². The highest BCUT2D eigenvalue weighted by Crippen LogP contribution is 1.87. The predicted octanol–water partition coefficient (Wildman–Crippen LogP) is 0.826. The van der Waals surface area contributed by atoms with Crippen LogP contribution in [0.25, 0.3) is 0 Å². The Kier molecular flexibility index (Phi) is 7.64. The maximum atomic E-state index is 10.2. The molecule has 0 heterocycles. The summed E-state index contributed by atoms with van der Waals surface area (Å²) in [6.45, 7) is 6.04. The Hall–Kier alpha value is -1.32. The number of carboxylic acids is 1. The summed E-state index contributed by atoms with van der Waals surface area (Å²) in [4.78, 5) is 19.2. The van der Waals surface area contributed by atoms with Gasteiger partial charge in [0, 0.05) is 12.5 Å². The van der Waals surface area contributed by atoms with E-state index in [1.54, 1.807) is 6.92 Å². The van der Waals surface area contributed by atoms with Crippen LogP contribution in [0.2, 0.25) is 0 Å². The van der Waals surface area contributed by atoms with Gasteiger partial charge in [-0.15, -0.1) is 0 Å². The number of carboxylic acid groups (broad SMARTS) is 1. The first-order valence-electron chi connectivity index (χ1n) is 2.85. The molecule has 0 aromatic carbocycles. The summed E-state index contributed by atoms with van der Waals surface area (Å²) in [6.07, 6.45) is 0. The molecule has 1 N–H and O–H groups in total. The van der Waals surface area contributed by atoms with Gasteiger partial charge in [-0.05, 0) is 6.92 Å². The lowest BCUT2D eigenvalue weighted by Gasteiger charge is -1.91. The van der Waals surface area contributed by atoms with Crippen molar-refractivity contribution >= 4 is 11.9 Å². The minimum absolute atomic E-state index is 0.347. The number of aliphatic carboxylic acids is 1. The fourth-order valence-electron chi connectivity index (χ4n) is 0.174. The first-order chi connectivity index (χ1) is 4.91. The van der Waals surface area contributed by atoms with E-state index in [-0.39, 0.29) is 5.97 Å². The molecule has 64 valence electrons. The molecule has 0 aliphatic carbocycles. The van der Waals surface area contributed by atoms with E-state index in [1.165, 1.54) is 7.11 Å². The smallest absolute Gasteiger partial charge is 0.332 e. The number of hydrogen-bond acceptors (Lipinski definition) is 3. The Bertz CT molecular complexity index is 156. The molecule has 0 spiro atoms. The largest absolute Gasteiger partial charge is 0.481 e. The Balaban J connectivity index is 0. The molecule has 0 aliphatic heterocycles. The number of ether oxygens (including phenoxy) is 1. The zero-order valence-corrected chi connectivity index (χ0v) is 6.88. The first-order valence-corrected chi connectivity index (χ1v) is 2.85. The third-order valence-electron chi connectivity index (χ3n) is 0.534. The van der Waals surface area contributed by atoms with Gasteiger partial charge in [-0.3, -0.25) is 4.79 Å². The Morgan fingerprint density at radius 1 is 1.36 bits per heavy atom. The van der Waals surface area contributed by atoms with E-state index < -0.39 is 5.97 Å². The highest BCUT2D eigenvalue weighted by molar-refractivity contribution is 5.86. The van der Waals surface area contributed by atoms with Crippen LogP contribution < -0.4 is 0 Å². The lowest BCUT2D eigenvalue weighted by Crippen LogP contribution is -1.98. The summed E-state index contributed by atoms with van der Waals surface area (Å²) in [5.74, 6) is -1.18. The van der Waals surface area contributed by atoms with E-state index in [9.17, 15) is 4.79 Å². The quantitative estimate of drug-likeness (QED) is 0.455. The highest BCUT2D eigenvalue weighted by atomic mass is 16.5. The zero-order chi connectivity index (χ0) is 9.44. The van der Waals surface area contributed by atoms with Gasteiger partial charge in [-0.1, -0.05) is 6.58 Å². The molecule has 0 fully saturated rings. The van der Waals surface area contributed by atoms with E-state index in [2.05, 4.69) is 11.3 Å². The van der Waals surface area contributed by atoms with Crippen LogP contribution in [-0.4, -0.2) is 24.2 Å². The lowest BCUT2D eigenvalue weighted by atomic mass is 10.4. The van der Waals surface area contributed by atoms with Crippen molar-refractivity contribution in [2.75, 3.05) is 7.11 Å². The molecule has 0 rings (SSSR count). The third kappa shape index (κ3) is 17.7. The topological polar surface area (TPSA) is 63.6 Å². The minimum atomic E-state index is -0.833. The summed E-state index contributed by atoms with van der Waals surface area (Å²) >= 11 is 0. The maximum Gasteiger partial charge on any atom is 0.332 e. The minimum Gasteiger partial charge on any atom is -0.481 e. The van der Waals surface area contributed by atoms with Crippen molar-refractivity contribution in [1.82, 2.24) is 0 Å². The van der Waals surface area contributed by atoms with Crippen LogP contribution in [0.1, 0.15) is 13.8 Å². The summed E-state index contributed by atoms with van der Waals surface area (Å²) < 4.78 is 4.27. The number of carbonyl (C=O) groups is 2. The van der Waals surface area contributed by atoms with Crippen molar-refractivity contribution in [1.29, 1.82) is 0 Å². The van der Waals surface area contributed by atoms with Crippen LogP contribution in [0.3, 0.4) is 0 Å². The molecule has 0 aromatic rings. The number of hydrogen-bond donors (Lipinski definition) is 1. The molecule has 0 unspecified atom stereocenters. The van der Waals surface area contributed by atoms with Crippen molar-refractivity contribution < 1.29 is 19.4 Å². The number of carbonyl (C=O) groups excluding carboxylic acids is 1. The zero-order valence-electron chi connectivity index (χ0n) is 6.88. The predicted molar refractivity (Wildman–Crippen MR) is 40.1 cm³/mol. The normalized spacial score (nSPS) is 7.18. The molecular weight excluding hydrogens is 148 g/mol. The van der Waals surface area contributed by atoms with E-state index in [0.29, 0.717) is 5.57 Å². The Labute approximate surface area is 65.5 Å². The van der Waals surface area contributed by atoms with Crippen molar-refractivity contribution in [3.05, 3.63) is 12.2 Å². The maximum absolute atomic E-state index is 10.2. The van der Waals surface area contributed by atoms with Crippen LogP contribution >= 0.6 is 0 Å². The average Bonchev–Trinajstić information content (AvgIpc) is 1.85. The molecule has 4 heteroatoms. The molecule has 0 amide bonds. The van der Waals surface area contributed by atoms with Gasteiger partial charge >= 0.3 is 5.97 Å². The highest BCUT2D eigenvalue weighted by Gasteiger charge is 1.95. The number of rotatable bonds is 1. The van der Waals surface area contributed by atoms with E-state index in [0.717, 1.165) is 6.92 Å². The second-order valence-corrected chi connectivity index (χ2v) is 1.79. The summed E-state index contributed by atoms with van der Waals surface area (Å²) in [5.41, 5.74) is 0.433. The van der Waals surface area contributed by atoms with Gasteiger partial charge in [0.25, 0.3) is 5.97 Å². The van der Waals surface area contributed by atoms with Crippen LogP contribution in [0.15, 0.2) is 12.2 Å². The van der Waals surface area contributed by atoms with Gasteiger partial charge < -0.3 is 9.84 Å². The van der Waals surface area contributed by atoms with E-state index in [4.69, 9.17) is 9.90 Å². The second kappa shape index (κ2) is 6.80. The lowest BCUT2D eigenvalue weighted by molar-refractivity contribution is -0.136. The van der Waals surface area contributed by atoms with Crippen molar-refractivity contribution in [2.24, 2.45) is 0 Å². The molecule has 0 aliphatic rings.